The maximum Gasteiger partial charge on any atom is 0.202 e. The second kappa shape index (κ2) is 6.81. The molecule has 6 nitrogen and oxygen atoms in total. The van der Waals surface area contributed by atoms with E-state index >= 15 is 0 Å². The fourth-order valence-corrected chi connectivity index (χ4v) is 4.52. The second-order valence-corrected chi connectivity index (χ2v) is 7.71. The first-order valence-electron chi connectivity index (χ1n) is 8.24. The van der Waals surface area contributed by atoms with Crippen LogP contribution in [-0.4, -0.2) is 33.4 Å². The summed E-state index contributed by atoms with van der Waals surface area (Å²) in [5.74, 6) is 0. The van der Waals surface area contributed by atoms with E-state index < -0.39 is 6.29 Å². The number of aromatic nitrogens is 4. The molecule has 1 aliphatic heterocycles. The SMILES string of the molecule is c1cncc(-c2nnc(-c3cc4ccsc4c(C4OCCCO4)n3)s2)c1. The Morgan fingerprint density at radius 3 is 2.81 bits per heavy atom. The molecule has 1 fully saturated rings. The number of hydrogen-bond acceptors (Lipinski definition) is 8. The average molecular weight is 382 g/mol. The third-order valence-electron chi connectivity index (χ3n) is 4.06. The van der Waals surface area contributed by atoms with Crippen molar-refractivity contribution >= 4 is 32.8 Å². The van der Waals surface area contributed by atoms with E-state index in [-0.39, 0.29) is 0 Å². The van der Waals surface area contributed by atoms with Gasteiger partial charge in [-0.15, -0.1) is 21.5 Å². The van der Waals surface area contributed by atoms with Crippen LogP contribution in [0.3, 0.4) is 0 Å². The molecule has 0 aliphatic carbocycles. The van der Waals surface area contributed by atoms with Gasteiger partial charge in [-0.05, 0) is 41.5 Å². The molecule has 0 radical (unpaired) electrons. The van der Waals surface area contributed by atoms with Gasteiger partial charge in [0, 0.05) is 18.0 Å². The number of ether oxygens (including phenoxy) is 2. The van der Waals surface area contributed by atoms with Crippen LogP contribution in [-0.2, 0) is 9.47 Å². The van der Waals surface area contributed by atoms with Gasteiger partial charge in [0.25, 0.3) is 0 Å². The molecule has 0 N–H and O–H groups in total. The van der Waals surface area contributed by atoms with Gasteiger partial charge in [-0.25, -0.2) is 4.98 Å². The predicted molar refractivity (Wildman–Crippen MR) is 101 cm³/mol. The summed E-state index contributed by atoms with van der Waals surface area (Å²) >= 11 is 3.15. The Morgan fingerprint density at radius 2 is 1.96 bits per heavy atom. The number of rotatable bonds is 3. The number of thiophene rings is 1. The lowest BCUT2D eigenvalue weighted by Gasteiger charge is -2.23. The normalized spacial score (nSPS) is 15.5. The Kier molecular flexibility index (Phi) is 4.18. The van der Waals surface area contributed by atoms with Gasteiger partial charge >= 0.3 is 0 Å². The highest BCUT2D eigenvalue weighted by Crippen LogP contribution is 2.36. The zero-order valence-electron chi connectivity index (χ0n) is 13.7. The summed E-state index contributed by atoms with van der Waals surface area (Å²) in [7, 11) is 0. The van der Waals surface area contributed by atoms with Gasteiger partial charge in [-0.2, -0.15) is 0 Å². The van der Waals surface area contributed by atoms with Crippen molar-refractivity contribution in [1.29, 1.82) is 0 Å². The van der Waals surface area contributed by atoms with E-state index in [4.69, 9.17) is 14.5 Å². The molecule has 4 aromatic rings. The first-order valence-corrected chi connectivity index (χ1v) is 9.94. The molecule has 26 heavy (non-hydrogen) atoms. The Labute approximate surface area is 157 Å². The predicted octanol–water partition coefficient (Wildman–Crippen LogP) is 4.31. The lowest BCUT2D eigenvalue weighted by atomic mass is 10.2. The summed E-state index contributed by atoms with van der Waals surface area (Å²) in [4.78, 5) is 8.97. The summed E-state index contributed by atoms with van der Waals surface area (Å²) in [6.45, 7) is 1.38. The number of fused-ring (bicyclic) bond motifs is 1. The molecule has 5 heterocycles. The van der Waals surface area contributed by atoms with Crippen molar-refractivity contribution in [2.24, 2.45) is 0 Å². The first-order chi connectivity index (χ1) is 12.9. The Balaban J connectivity index is 1.58. The highest BCUT2D eigenvalue weighted by molar-refractivity contribution is 7.18. The van der Waals surface area contributed by atoms with Crippen LogP contribution >= 0.6 is 22.7 Å². The molecule has 1 aliphatic rings. The van der Waals surface area contributed by atoms with Gasteiger partial charge < -0.3 is 9.47 Å². The van der Waals surface area contributed by atoms with Crippen LogP contribution in [0.4, 0.5) is 0 Å². The lowest BCUT2D eigenvalue weighted by molar-refractivity contribution is -0.184. The molecule has 0 unspecified atom stereocenters. The Bertz CT molecular complexity index is 1040. The van der Waals surface area contributed by atoms with Crippen LogP contribution in [0.25, 0.3) is 31.4 Å². The van der Waals surface area contributed by atoms with Crippen molar-refractivity contribution in [3.05, 3.63) is 47.7 Å². The van der Waals surface area contributed by atoms with Crippen LogP contribution in [0.15, 0.2) is 42.0 Å². The third-order valence-corrected chi connectivity index (χ3v) is 6.01. The van der Waals surface area contributed by atoms with Gasteiger partial charge in [-0.3, -0.25) is 4.98 Å². The van der Waals surface area contributed by atoms with Crippen molar-refractivity contribution in [2.75, 3.05) is 13.2 Å². The minimum atomic E-state index is -0.421. The van der Waals surface area contributed by atoms with E-state index in [1.165, 1.54) is 11.3 Å². The molecule has 5 rings (SSSR count). The molecule has 1 saturated heterocycles. The van der Waals surface area contributed by atoms with Crippen molar-refractivity contribution in [2.45, 2.75) is 12.7 Å². The quantitative estimate of drug-likeness (QED) is 0.526. The second-order valence-electron chi connectivity index (χ2n) is 5.81. The zero-order chi connectivity index (χ0) is 17.3. The van der Waals surface area contributed by atoms with Crippen LogP contribution in [0.1, 0.15) is 18.4 Å². The molecular formula is C18H14N4O2S2. The van der Waals surface area contributed by atoms with E-state index in [0.717, 1.165) is 43.5 Å². The minimum absolute atomic E-state index is 0.421. The molecule has 0 saturated carbocycles. The minimum Gasteiger partial charge on any atom is -0.347 e. The molecule has 0 spiro atoms. The van der Waals surface area contributed by atoms with Crippen molar-refractivity contribution in [3.8, 4) is 21.3 Å². The number of hydrogen-bond donors (Lipinski definition) is 0. The van der Waals surface area contributed by atoms with Gasteiger partial charge in [-0.1, -0.05) is 11.3 Å². The van der Waals surface area contributed by atoms with E-state index in [0.29, 0.717) is 13.2 Å². The smallest absolute Gasteiger partial charge is 0.202 e. The maximum atomic E-state index is 5.79. The Hall–Kier alpha value is -2.26. The van der Waals surface area contributed by atoms with Crippen molar-refractivity contribution in [1.82, 2.24) is 20.2 Å². The molecule has 130 valence electrons. The highest BCUT2D eigenvalue weighted by Gasteiger charge is 2.23. The highest BCUT2D eigenvalue weighted by atomic mass is 32.1. The van der Waals surface area contributed by atoms with E-state index in [1.54, 1.807) is 23.7 Å². The van der Waals surface area contributed by atoms with Crippen molar-refractivity contribution < 1.29 is 9.47 Å². The summed E-state index contributed by atoms with van der Waals surface area (Å²) in [6, 6.07) is 8.00. The van der Waals surface area contributed by atoms with E-state index in [2.05, 4.69) is 26.6 Å². The van der Waals surface area contributed by atoms with Crippen LogP contribution in [0.2, 0.25) is 0 Å². The molecule has 0 aromatic carbocycles. The monoisotopic (exact) mass is 382 g/mol. The van der Waals surface area contributed by atoms with Crippen LogP contribution in [0, 0.1) is 0 Å². The van der Waals surface area contributed by atoms with Gasteiger partial charge in [0.15, 0.2) is 5.01 Å². The fraction of sp³-hybridized carbons (Fsp3) is 0.222. The Morgan fingerprint density at radius 1 is 1.08 bits per heavy atom. The molecular weight excluding hydrogens is 368 g/mol. The van der Waals surface area contributed by atoms with Crippen LogP contribution in [0.5, 0.6) is 0 Å². The average Bonchev–Trinajstić information content (AvgIpc) is 3.38. The fourth-order valence-electron chi connectivity index (χ4n) is 2.85. The standard InChI is InChI=1S/C18H14N4O2S2/c1-3-12(10-19-5-1)16-21-22-17(26-16)13-9-11-4-8-25-15(11)14(20-13)18-23-6-2-7-24-18/h1,3-5,8-10,18H,2,6-7H2. The first kappa shape index (κ1) is 16.0. The zero-order valence-corrected chi connectivity index (χ0v) is 15.3. The summed E-state index contributed by atoms with van der Waals surface area (Å²) in [5, 5.41) is 13.4. The summed E-state index contributed by atoms with van der Waals surface area (Å²) in [5.41, 5.74) is 2.56. The van der Waals surface area contributed by atoms with Gasteiger partial charge in [0.05, 0.1) is 17.9 Å². The lowest BCUT2D eigenvalue weighted by Crippen LogP contribution is -2.19. The topological polar surface area (TPSA) is 70.0 Å². The number of pyridine rings is 2. The molecule has 4 aromatic heterocycles. The van der Waals surface area contributed by atoms with E-state index in [9.17, 15) is 0 Å². The van der Waals surface area contributed by atoms with Crippen molar-refractivity contribution in [3.63, 3.8) is 0 Å². The molecule has 0 amide bonds. The maximum absolute atomic E-state index is 5.79. The molecule has 8 heteroatoms. The molecule has 0 atom stereocenters. The van der Waals surface area contributed by atoms with Crippen LogP contribution < -0.4 is 0 Å². The summed E-state index contributed by atoms with van der Waals surface area (Å²) < 4.78 is 12.7. The summed E-state index contributed by atoms with van der Waals surface area (Å²) in [6.07, 6.45) is 4.02. The largest absolute Gasteiger partial charge is 0.347 e. The van der Waals surface area contributed by atoms with Gasteiger partial charge in [0.1, 0.15) is 16.4 Å². The molecule has 0 bridgehead atoms. The van der Waals surface area contributed by atoms with E-state index in [1.807, 2.05) is 18.2 Å². The number of nitrogens with zero attached hydrogens (tertiary/aromatic N) is 4. The van der Waals surface area contributed by atoms with Gasteiger partial charge in [0.2, 0.25) is 6.29 Å². The third kappa shape index (κ3) is 2.90.